The minimum atomic E-state index is -0.971. The van der Waals surface area contributed by atoms with Gasteiger partial charge in [-0.3, -0.25) is 0 Å². The van der Waals surface area contributed by atoms with E-state index in [-0.39, 0.29) is 18.0 Å². The first-order valence-electron chi connectivity index (χ1n) is 6.77. The average molecular weight is 256 g/mol. The van der Waals surface area contributed by atoms with Crippen molar-refractivity contribution in [2.24, 2.45) is 5.92 Å². The van der Waals surface area contributed by atoms with Crippen molar-refractivity contribution in [2.75, 3.05) is 6.54 Å². The van der Waals surface area contributed by atoms with Crippen molar-refractivity contribution in [3.63, 3.8) is 0 Å². The minimum absolute atomic E-state index is 0.117. The SMILES string of the molecule is CCN(C(=O)N[C@H](C(=O)O)C(C)C)C1CCCC1. The lowest BCUT2D eigenvalue weighted by Crippen LogP contribution is -2.52. The van der Waals surface area contributed by atoms with Crippen LogP contribution in [0.25, 0.3) is 0 Å². The van der Waals surface area contributed by atoms with Crippen molar-refractivity contribution in [3.8, 4) is 0 Å². The third-order valence-electron chi connectivity index (χ3n) is 3.58. The maximum Gasteiger partial charge on any atom is 0.326 e. The first kappa shape index (κ1) is 14.8. The summed E-state index contributed by atoms with van der Waals surface area (Å²) < 4.78 is 0. The van der Waals surface area contributed by atoms with Crippen LogP contribution in [0.1, 0.15) is 46.5 Å². The van der Waals surface area contributed by atoms with Gasteiger partial charge in [-0.25, -0.2) is 9.59 Å². The summed E-state index contributed by atoms with van der Waals surface area (Å²) in [6.07, 6.45) is 4.36. The largest absolute Gasteiger partial charge is 0.480 e. The van der Waals surface area contributed by atoms with E-state index >= 15 is 0 Å². The van der Waals surface area contributed by atoms with Gasteiger partial charge in [0.1, 0.15) is 6.04 Å². The van der Waals surface area contributed by atoms with E-state index in [2.05, 4.69) is 5.32 Å². The summed E-state index contributed by atoms with van der Waals surface area (Å²) in [6, 6.07) is -0.782. The fraction of sp³-hybridized carbons (Fsp3) is 0.846. The summed E-state index contributed by atoms with van der Waals surface area (Å²) in [6.45, 7) is 6.15. The molecule has 104 valence electrons. The van der Waals surface area contributed by atoms with E-state index in [1.807, 2.05) is 6.92 Å². The molecule has 1 fully saturated rings. The molecular formula is C13H24N2O3. The Hall–Kier alpha value is -1.26. The summed E-state index contributed by atoms with van der Waals surface area (Å²) >= 11 is 0. The highest BCUT2D eigenvalue weighted by Gasteiger charge is 2.29. The van der Waals surface area contributed by atoms with Crippen LogP contribution in [0.4, 0.5) is 4.79 Å². The molecule has 0 aliphatic heterocycles. The number of rotatable bonds is 5. The monoisotopic (exact) mass is 256 g/mol. The first-order chi connectivity index (χ1) is 8.47. The third kappa shape index (κ3) is 3.62. The van der Waals surface area contributed by atoms with E-state index in [0.717, 1.165) is 25.7 Å². The Morgan fingerprint density at radius 3 is 2.28 bits per heavy atom. The highest BCUT2D eigenvalue weighted by Crippen LogP contribution is 2.23. The summed E-state index contributed by atoms with van der Waals surface area (Å²) in [5.41, 5.74) is 0. The highest BCUT2D eigenvalue weighted by atomic mass is 16.4. The number of carboxylic acid groups (broad SMARTS) is 1. The van der Waals surface area contributed by atoms with E-state index in [1.165, 1.54) is 0 Å². The summed E-state index contributed by atoms with van der Waals surface area (Å²) in [5.74, 6) is -1.09. The van der Waals surface area contributed by atoms with Gasteiger partial charge in [-0.15, -0.1) is 0 Å². The Bertz CT molecular complexity index is 299. The highest BCUT2D eigenvalue weighted by molar-refractivity contribution is 5.82. The second-order valence-electron chi connectivity index (χ2n) is 5.23. The number of aliphatic carboxylic acids is 1. The van der Waals surface area contributed by atoms with Crippen LogP contribution >= 0.6 is 0 Å². The summed E-state index contributed by atoms with van der Waals surface area (Å²) in [5, 5.41) is 11.7. The van der Waals surface area contributed by atoms with E-state index in [4.69, 9.17) is 5.11 Å². The van der Waals surface area contributed by atoms with Crippen molar-refractivity contribution >= 4 is 12.0 Å². The zero-order chi connectivity index (χ0) is 13.7. The van der Waals surface area contributed by atoms with Crippen molar-refractivity contribution in [3.05, 3.63) is 0 Å². The number of nitrogens with one attached hydrogen (secondary N) is 1. The fourth-order valence-corrected chi connectivity index (χ4v) is 2.51. The van der Waals surface area contributed by atoms with Crippen molar-refractivity contribution in [2.45, 2.75) is 58.5 Å². The van der Waals surface area contributed by atoms with Gasteiger partial charge in [0.15, 0.2) is 0 Å². The molecule has 0 unspecified atom stereocenters. The number of carbonyl (C=O) groups is 2. The van der Waals surface area contributed by atoms with Gasteiger partial charge < -0.3 is 15.3 Å². The molecule has 2 amide bonds. The van der Waals surface area contributed by atoms with Crippen LogP contribution in [0.5, 0.6) is 0 Å². The molecule has 0 spiro atoms. The van der Waals surface area contributed by atoms with Crippen molar-refractivity contribution in [1.29, 1.82) is 0 Å². The van der Waals surface area contributed by atoms with E-state index in [0.29, 0.717) is 6.54 Å². The van der Waals surface area contributed by atoms with Crippen molar-refractivity contribution < 1.29 is 14.7 Å². The number of urea groups is 1. The van der Waals surface area contributed by atoms with Crippen LogP contribution in [0, 0.1) is 5.92 Å². The second-order valence-corrected chi connectivity index (χ2v) is 5.23. The standard InChI is InChI=1S/C13H24N2O3/c1-4-15(10-7-5-6-8-10)13(18)14-11(9(2)3)12(16)17/h9-11H,4-8H2,1-3H3,(H,14,18)(H,16,17)/t11-/m0/s1. The summed E-state index contributed by atoms with van der Waals surface area (Å²) in [7, 11) is 0. The molecule has 1 rings (SSSR count). The van der Waals surface area contributed by atoms with Gasteiger partial charge >= 0.3 is 12.0 Å². The van der Waals surface area contributed by atoms with Gasteiger partial charge in [0.25, 0.3) is 0 Å². The molecule has 1 saturated carbocycles. The normalized spacial score (nSPS) is 17.8. The van der Waals surface area contributed by atoms with Gasteiger partial charge in [0.2, 0.25) is 0 Å². The molecule has 0 aromatic carbocycles. The van der Waals surface area contributed by atoms with Gasteiger partial charge in [-0.1, -0.05) is 26.7 Å². The molecular weight excluding hydrogens is 232 g/mol. The number of hydrogen-bond acceptors (Lipinski definition) is 2. The number of nitrogens with zero attached hydrogens (tertiary/aromatic N) is 1. The van der Waals surface area contributed by atoms with E-state index in [1.54, 1.807) is 18.7 Å². The molecule has 1 aliphatic carbocycles. The maximum absolute atomic E-state index is 12.1. The lowest BCUT2D eigenvalue weighted by molar-refractivity contribution is -0.140. The Labute approximate surface area is 109 Å². The van der Waals surface area contributed by atoms with Crippen LogP contribution in [0.2, 0.25) is 0 Å². The quantitative estimate of drug-likeness (QED) is 0.791. The maximum atomic E-state index is 12.1. The van der Waals surface area contributed by atoms with Gasteiger partial charge in [0, 0.05) is 12.6 Å². The molecule has 0 radical (unpaired) electrons. The zero-order valence-electron chi connectivity index (χ0n) is 11.5. The molecule has 2 N–H and O–H groups in total. The van der Waals surface area contributed by atoms with Crippen LogP contribution in [-0.4, -0.2) is 40.6 Å². The molecule has 0 aromatic heterocycles. The number of amides is 2. The smallest absolute Gasteiger partial charge is 0.326 e. The minimum Gasteiger partial charge on any atom is -0.480 e. The van der Waals surface area contributed by atoms with Gasteiger partial charge in [-0.05, 0) is 25.7 Å². The van der Waals surface area contributed by atoms with Crippen LogP contribution in [0.15, 0.2) is 0 Å². The lowest BCUT2D eigenvalue weighted by atomic mass is 10.1. The number of carboxylic acids is 1. The predicted molar refractivity (Wildman–Crippen MR) is 69.4 cm³/mol. The molecule has 0 bridgehead atoms. The molecule has 0 aromatic rings. The average Bonchev–Trinajstić information content (AvgIpc) is 2.79. The topological polar surface area (TPSA) is 69.6 Å². The van der Waals surface area contributed by atoms with Crippen LogP contribution in [0.3, 0.4) is 0 Å². The van der Waals surface area contributed by atoms with E-state index in [9.17, 15) is 9.59 Å². The molecule has 18 heavy (non-hydrogen) atoms. The Kier molecular flexibility index (Phi) is 5.44. The number of hydrogen-bond donors (Lipinski definition) is 2. The molecule has 5 nitrogen and oxygen atoms in total. The lowest BCUT2D eigenvalue weighted by Gasteiger charge is -2.30. The van der Waals surface area contributed by atoms with Gasteiger partial charge in [-0.2, -0.15) is 0 Å². The molecule has 1 aliphatic rings. The molecule has 0 heterocycles. The summed E-state index contributed by atoms with van der Waals surface area (Å²) in [4.78, 5) is 25.0. The second kappa shape index (κ2) is 6.61. The Morgan fingerprint density at radius 1 is 1.33 bits per heavy atom. The number of carbonyl (C=O) groups excluding carboxylic acids is 1. The molecule has 1 atom stereocenters. The van der Waals surface area contributed by atoms with Crippen molar-refractivity contribution in [1.82, 2.24) is 10.2 Å². The van der Waals surface area contributed by atoms with Crippen LogP contribution in [-0.2, 0) is 4.79 Å². The van der Waals surface area contributed by atoms with Crippen LogP contribution < -0.4 is 5.32 Å². The Morgan fingerprint density at radius 2 is 1.89 bits per heavy atom. The zero-order valence-corrected chi connectivity index (χ0v) is 11.5. The van der Waals surface area contributed by atoms with E-state index < -0.39 is 12.0 Å². The van der Waals surface area contributed by atoms with Gasteiger partial charge in [0.05, 0.1) is 0 Å². The fourth-order valence-electron chi connectivity index (χ4n) is 2.51. The Balaban J connectivity index is 2.63. The third-order valence-corrected chi connectivity index (χ3v) is 3.58. The predicted octanol–water partition coefficient (Wildman–Crippen LogP) is 2.07. The molecule has 5 heteroatoms. The first-order valence-corrected chi connectivity index (χ1v) is 6.77. The molecule has 0 saturated heterocycles.